The molecule has 2 saturated heterocycles. The molecule has 4 rings (SSSR count). The molecule has 0 bridgehead atoms. The number of hydrogen-bond donors (Lipinski definition) is 1. The van der Waals surface area contributed by atoms with Crippen LogP contribution in [0.3, 0.4) is 0 Å². The van der Waals surface area contributed by atoms with Crippen molar-refractivity contribution in [3.63, 3.8) is 0 Å². The maximum atomic E-state index is 12.7. The number of aromatic nitrogens is 3. The number of anilines is 1. The van der Waals surface area contributed by atoms with Gasteiger partial charge < -0.3 is 10.2 Å². The van der Waals surface area contributed by atoms with Gasteiger partial charge in [-0.15, -0.1) is 0 Å². The highest BCUT2D eigenvalue weighted by Gasteiger charge is 2.26. The molecule has 174 valence electrons. The molecule has 4 heterocycles. The minimum Gasteiger partial charge on any atom is -0.370 e. The standard InChI is InChI=1S/C25H38N6O/c1-4-21-22(5-2)29-24-23(28-21)16-20(17-27-24)31-13-9-19(10-14-31)25(32)26-11-15-30-12-7-6-8-18(30)3/h16-19H,4-15H2,1-3H3,(H,26,32). The molecule has 1 atom stereocenters. The summed E-state index contributed by atoms with van der Waals surface area (Å²) in [6.07, 6.45) is 9.32. The number of rotatable bonds is 7. The fourth-order valence-corrected chi connectivity index (χ4v) is 5.10. The van der Waals surface area contributed by atoms with Crippen LogP contribution in [0, 0.1) is 5.92 Å². The molecule has 1 unspecified atom stereocenters. The Hall–Kier alpha value is -2.28. The second-order valence-corrected chi connectivity index (χ2v) is 9.29. The lowest BCUT2D eigenvalue weighted by molar-refractivity contribution is -0.125. The maximum Gasteiger partial charge on any atom is 0.223 e. The number of nitrogens with zero attached hydrogens (tertiary/aromatic N) is 5. The third kappa shape index (κ3) is 5.20. The zero-order chi connectivity index (χ0) is 22.5. The fraction of sp³-hybridized carbons (Fsp3) is 0.680. The van der Waals surface area contributed by atoms with Crippen LogP contribution < -0.4 is 10.2 Å². The topological polar surface area (TPSA) is 74.2 Å². The van der Waals surface area contributed by atoms with Crippen molar-refractivity contribution in [3.05, 3.63) is 23.7 Å². The van der Waals surface area contributed by atoms with E-state index in [9.17, 15) is 4.79 Å². The van der Waals surface area contributed by atoms with E-state index in [2.05, 4.69) is 46.9 Å². The fourth-order valence-electron chi connectivity index (χ4n) is 5.10. The highest BCUT2D eigenvalue weighted by Crippen LogP contribution is 2.25. The molecular weight excluding hydrogens is 400 g/mol. The van der Waals surface area contributed by atoms with E-state index in [0.717, 1.165) is 80.1 Å². The van der Waals surface area contributed by atoms with E-state index in [-0.39, 0.29) is 11.8 Å². The lowest BCUT2D eigenvalue weighted by Gasteiger charge is -2.34. The number of likely N-dealkylation sites (tertiary alicyclic amines) is 1. The number of aryl methyl sites for hydroxylation is 2. The number of fused-ring (bicyclic) bond motifs is 1. The number of carbonyl (C=O) groups is 1. The number of amides is 1. The molecule has 2 fully saturated rings. The van der Waals surface area contributed by atoms with Gasteiger partial charge in [-0.2, -0.15) is 0 Å². The van der Waals surface area contributed by atoms with Crippen molar-refractivity contribution < 1.29 is 4.79 Å². The van der Waals surface area contributed by atoms with Gasteiger partial charge in [0, 0.05) is 38.1 Å². The molecule has 7 nitrogen and oxygen atoms in total. The molecule has 1 N–H and O–H groups in total. The van der Waals surface area contributed by atoms with E-state index in [1.807, 2.05) is 6.20 Å². The SMILES string of the molecule is CCc1nc2cc(N3CCC(C(=O)NCCN4CCCCC4C)CC3)cnc2nc1CC. The van der Waals surface area contributed by atoms with Crippen LogP contribution in [-0.4, -0.2) is 64.5 Å². The van der Waals surface area contributed by atoms with E-state index >= 15 is 0 Å². The molecule has 7 heteroatoms. The summed E-state index contributed by atoms with van der Waals surface area (Å²) in [4.78, 5) is 31.6. The smallest absolute Gasteiger partial charge is 0.223 e. The van der Waals surface area contributed by atoms with Gasteiger partial charge >= 0.3 is 0 Å². The number of pyridine rings is 1. The van der Waals surface area contributed by atoms with E-state index < -0.39 is 0 Å². The average molecular weight is 439 g/mol. The van der Waals surface area contributed by atoms with Gasteiger partial charge in [-0.1, -0.05) is 20.3 Å². The molecular formula is C25H38N6O. The van der Waals surface area contributed by atoms with Crippen molar-refractivity contribution in [2.45, 2.75) is 71.8 Å². The second kappa shape index (κ2) is 10.6. The Bertz CT molecular complexity index is 924. The van der Waals surface area contributed by atoms with Crippen molar-refractivity contribution in [2.75, 3.05) is 37.6 Å². The average Bonchev–Trinajstić information content (AvgIpc) is 2.84. The first-order valence-electron chi connectivity index (χ1n) is 12.5. The Labute approximate surface area is 192 Å². The van der Waals surface area contributed by atoms with E-state index in [4.69, 9.17) is 9.97 Å². The van der Waals surface area contributed by atoms with Gasteiger partial charge in [0.15, 0.2) is 5.65 Å². The van der Waals surface area contributed by atoms with Crippen molar-refractivity contribution in [2.24, 2.45) is 5.92 Å². The van der Waals surface area contributed by atoms with E-state index in [1.165, 1.54) is 25.8 Å². The van der Waals surface area contributed by atoms with Gasteiger partial charge in [0.25, 0.3) is 0 Å². The summed E-state index contributed by atoms with van der Waals surface area (Å²) in [5.74, 6) is 0.327. The zero-order valence-corrected chi connectivity index (χ0v) is 19.9. The summed E-state index contributed by atoms with van der Waals surface area (Å²) < 4.78 is 0. The Morgan fingerprint density at radius 3 is 2.53 bits per heavy atom. The molecule has 0 aliphatic carbocycles. The van der Waals surface area contributed by atoms with Crippen molar-refractivity contribution in [1.29, 1.82) is 0 Å². The van der Waals surface area contributed by atoms with Crippen LogP contribution in [0.1, 0.15) is 64.3 Å². The van der Waals surface area contributed by atoms with Crippen LogP contribution >= 0.6 is 0 Å². The molecule has 2 aliphatic rings. The largest absolute Gasteiger partial charge is 0.370 e. The van der Waals surface area contributed by atoms with Gasteiger partial charge in [0.05, 0.1) is 23.3 Å². The Balaban J connectivity index is 1.30. The summed E-state index contributed by atoms with van der Waals surface area (Å²) in [6.45, 7) is 11.2. The summed E-state index contributed by atoms with van der Waals surface area (Å²) in [6, 6.07) is 2.75. The third-order valence-corrected chi connectivity index (χ3v) is 7.20. The van der Waals surface area contributed by atoms with Gasteiger partial charge in [0.1, 0.15) is 5.52 Å². The van der Waals surface area contributed by atoms with Crippen molar-refractivity contribution in [1.82, 2.24) is 25.2 Å². The first-order chi connectivity index (χ1) is 15.6. The lowest BCUT2D eigenvalue weighted by Crippen LogP contribution is -2.45. The van der Waals surface area contributed by atoms with Crippen LogP contribution in [0.25, 0.3) is 11.2 Å². The third-order valence-electron chi connectivity index (χ3n) is 7.20. The van der Waals surface area contributed by atoms with Crippen LogP contribution in [0.2, 0.25) is 0 Å². The number of hydrogen-bond acceptors (Lipinski definition) is 6. The minimum atomic E-state index is 0.108. The molecule has 0 aromatic carbocycles. The monoisotopic (exact) mass is 438 g/mol. The summed E-state index contributed by atoms with van der Waals surface area (Å²) in [7, 11) is 0. The minimum absolute atomic E-state index is 0.108. The lowest BCUT2D eigenvalue weighted by atomic mass is 9.95. The second-order valence-electron chi connectivity index (χ2n) is 9.29. The molecule has 0 radical (unpaired) electrons. The summed E-state index contributed by atoms with van der Waals surface area (Å²) in [5, 5.41) is 3.19. The van der Waals surface area contributed by atoms with Gasteiger partial charge in [0.2, 0.25) is 5.91 Å². The molecule has 2 aromatic rings. The molecule has 0 saturated carbocycles. The van der Waals surface area contributed by atoms with Crippen molar-refractivity contribution >= 4 is 22.8 Å². The molecule has 0 spiro atoms. The van der Waals surface area contributed by atoms with E-state index in [1.54, 1.807) is 0 Å². The first-order valence-corrected chi connectivity index (χ1v) is 12.5. The van der Waals surface area contributed by atoms with Crippen LogP contribution in [-0.2, 0) is 17.6 Å². The molecule has 2 aromatic heterocycles. The van der Waals surface area contributed by atoms with Gasteiger partial charge in [-0.3, -0.25) is 9.69 Å². The highest BCUT2D eigenvalue weighted by molar-refractivity contribution is 5.79. The summed E-state index contributed by atoms with van der Waals surface area (Å²) in [5.41, 5.74) is 4.77. The highest BCUT2D eigenvalue weighted by atomic mass is 16.1. The molecule has 32 heavy (non-hydrogen) atoms. The normalized spacial score (nSPS) is 20.6. The molecule has 2 aliphatic heterocycles. The van der Waals surface area contributed by atoms with Gasteiger partial charge in [-0.25, -0.2) is 15.0 Å². The zero-order valence-electron chi connectivity index (χ0n) is 19.9. The van der Waals surface area contributed by atoms with Crippen LogP contribution in [0.4, 0.5) is 5.69 Å². The van der Waals surface area contributed by atoms with Crippen LogP contribution in [0.5, 0.6) is 0 Å². The predicted octanol–water partition coefficient (Wildman–Crippen LogP) is 3.36. The Kier molecular flexibility index (Phi) is 7.55. The van der Waals surface area contributed by atoms with Crippen LogP contribution in [0.15, 0.2) is 12.3 Å². The van der Waals surface area contributed by atoms with Crippen molar-refractivity contribution in [3.8, 4) is 0 Å². The Morgan fingerprint density at radius 2 is 1.81 bits per heavy atom. The maximum absolute atomic E-state index is 12.7. The summed E-state index contributed by atoms with van der Waals surface area (Å²) >= 11 is 0. The number of nitrogens with one attached hydrogen (secondary N) is 1. The predicted molar refractivity (Wildman–Crippen MR) is 129 cm³/mol. The number of piperidine rings is 2. The first kappa shape index (κ1) is 22.9. The Morgan fingerprint density at radius 1 is 1.06 bits per heavy atom. The number of carbonyl (C=O) groups excluding carboxylic acids is 1. The van der Waals surface area contributed by atoms with E-state index in [0.29, 0.717) is 6.04 Å². The quantitative estimate of drug-likeness (QED) is 0.715. The molecule has 1 amide bonds. The van der Waals surface area contributed by atoms with Gasteiger partial charge in [-0.05, 0) is 58.1 Å².